The summed E-state index contributed by atoms with van der Waals surface area (Å²) in [5, 5.41) is 0.756. The Morgan fingerprint density at radius 3 is 1.75 bits per heavy atom. The summed E-state index contributed by atoms with van der Waals surface area (Å²) in [7, 11) is 2.43. The summed E-state index contributed by atoms with van der Waals surface area (Å²) in [5.74, 6) is -1.46. The Kier molecular flexibility index (Phi) is 2.48. The van der Waals surface area contributed by atoms with E-state index in [1.54, 1.807) is 20.8 Å². The van der Waals surface area contributed by atoms with Gasteiger partial charge in [0, 0.05) is 0 Å². The standard InChI is InChI=1S/C9H11F2P/c1-4-5(2)9(12)6(3)8(11)7(4)10/h12H2,1-3H3. The van der Waals surface area contributed by atoms with Gasteiger partial charge in [-0.3, -0.25) is 0 Å². The molecule has 1 rings (SSSR count). The number of rotatable bonds is 0. The highest BCUT2D eigenvalue weighted by atomic mass is 31.0. The first-order chi connectivity index (χ1) is 5.46. The zero-order chi connectivity index (χ0) is 9.46. The second-order valence-electron chi connectivity index (χ2n) is 2.92. The Hall–Kier alpha value is -0.490. The molecule has 0 bridgehead atoms. The molecule has 1 unspecified atom stereocenters. The summed E-state index contributed by atoms with van der Waals surface area (Å²) in [4.78, 5) is 0. The fourth-order valence-corrected chi connectivity index (χ4v) is 1.44. The predicted molar refractivity (Wildman–Crippen MR) is 49.9 cm³/mol. The molecule has 3 heteroatoms. The normalized spacial score (nSPS) is 10.5. The van der Waals surface area contributed by atoms with Gasteiger partial charge in [-0.05, 0) is 42.8 Å². The highest BCUT2D eigenvalue weighted by Gasteiger charge is 2.14. The zero-order valence-corrected chi connectivity index (χ0v) is 8.49. The second kappa shape index (κ2) is 3.10. The van der Waals surface area contributed by atoms with E-state index < -0.39 is 11.6 Å². The molecule has 0 saturated heterocycles. The van der Waals surface area contributed by atoms with Gasteiger partial charge in [-0.2, -0.15) is 0 Å². The van der Waals surface area contributed by atoms with E-state index in [2.05, 4.69) is 9.24 Å². The van der Waals surface area contributed by atoms with Crippen molar-refractivity contribution in [2.45, 2.75) is 20.8 Å². The van der Waals surface area contributed by atoms with Gasteiger partial charge in [0.1, 0.15) is 0 Å². The van der Waals surface area contributed by atoms with Crippen LogP contribution in [0.2, 0.25) is 0 Å². The fourth-order valence-electron chi connectivity index (χ4n) is 1.10. The van der Waals surface area contributed by atoms with Crippen molar-refractivity contribution >= 4 is 14.5 Å². The summed E-state index contributed by atoms with van der Waals surface area (Å²) >= 11 is 0. The number of hydrogen-bond donors (Lipinski definition) is 0. The van der Waals surface area contributed by atoms with Gasteiger partial charge in [-0.1, -0.05) is 0 Å². The Morgan fingerprint density at radius 2 is 1.25 bits per heavy atom. The van der Waals surface area contributed by atoms with Crippen molar-refractivity contribution in [3.8, 4) is 0 Å². The largest absolute Gasteiger partial charge is 0.203 e. The number of hydrogen-bond acceptors (Lipinski definition) is 0. The van der Waals surface area contributed by atoms with Crippen LogP contribution in [0.4, 0.5) is 8.78 Å². The van der Waals surface area contributed by atoms with E-state index in [-0.39, 0.29) is 0 Å². The average molecular weight is 188 g/mol. The lowest BCUT2D eigenvalue weighted by Gasteiger charge is -2.10. The highest BCUT2D eigenvalue weighted by molar-refractivity contribution is 7.27. The first-order valence-corrected chi connectivity index (χ1v) is 4.24. The molecule has 0 aromatic heterocycles. The lowest BCUT2D eigenvalue weighted by atomic mass is 10.1. The summed E-state index contributed by atoms with van der Waals surface area (Å²) in [6, 6.07) is 0. The third kappa shape index (κ3) is 1.25. The van der Waals surface area contributed by atoms with Crippen LogP contribution in [0.1, 0.15) is 16.7 Å². The maximum atomic E-state index is 13.0. The molecular formula is C9H11F2P. The van der Waals surface area contributed by atoms with E-state index in [9.17, 15) is 8.78 Å². The van der Waals surface area contributed by atoms with E-state index in [1.807, 2.05) is 0 Å². The minimum absolute atomic E-state index is 0.376. The molecule has 0 N–H and O–H groups in total. The Labute approximate surface area is 73.2 Å². The Bertz CT molecular complexity index is 227. The summed E-state index contributed by atoms with van der Waals surface area (Å²) in [6.45, 7) is 4.95. The smallest absolute Gasteiger partial charge is 0.162 e. The van der Waals surface area contributed by atoms with Crippen molar-refractivity contribution in [3.05, 3.63) is 28.3 Å². The molecule has 0 saturated carbocycles. The van der Waals surface area contributed by atoms with Gasteiger partial charge in [0.2, 0.25) is 0 Å². The van der Waals surface area contributed by atoms with Crippen molar-refractivity contribution < 1.29 is 8.78 Å². The molecule has 1 aromatic carbocycles. The second-order valence-corrected chi connectivity index (χ2v) is 3.49. The van der Waals surface area contributed by atoms with Crippen molar-refractivity contribution in [2.24, 2.45) is 0 Å². The molecule has 0 aliphatic carbocycles. The molecule has 1 aromatic rings. The lowest BCUT2D eigenvalue weighted by molar-refractivity contribution is 0.498. The third-order valence-electron chi connectivity index (χ3n) is 2.22. The van der Waals surface area contributed by atoms with Crippen molar-refractivity contribution in [1.82, 2.24) is 0 Å². The molecular weight excluding hydrogens is 177 g/mol. The minimum atomic E-state index is -0.733. The third-order valence-corrected chi connectivity index (χ3v) is 3.09. The predicted octanol–water partition coefficient (Wildman–Crippen LogP) is 2.39. The topological polar surface area (TPSA) is 0 Å². The van der Waals surface area contributed by atoms with Gasteiger partial charge in [0.25, 0.3) is 0 Å². The van der Waals surface area contributed by atoms with E-state index in [4.69, 9.17) is 0 Å². The maximum absolute atomic E-state index is 13.0. The maximum Gasteiger partial charge on any atom is 0.162 e. The number of halogens is 2. The van der Waals surface area contributed by atoms with Crippen LogP contribution in [-0.2, 0) is 0 Å². The van der Waals surface area contributed by atoms with Gasteiger partial charge in [0.15, 0.2) is 11.6 Å². The Morgan fingerprint density at radius 1 is 0.833 bits per heavy atom. The van der Waals surface area contributed by atoms with Gasteiger partial charge in [0.05, 0.1) is 0 Å². The molecule has 0 amide bonds. The van der Waals surface area contributed by atoms with Crippen LogP contribution in [0.25, 0.3) is 0 Å². The Balaban J connectivity index is 3.60. The lowest BCUT2D eigenvalue weighted by Crippen LogP contribution is -2.10. The van der Waals surface area contributed by atoms with E-state index in [1.165, 1.54) is 0 Å². The quantitative estimate of drug-likeness (QED) is 0.548. The van der Waals surface area contributed by atoms with Crippen molar-refractivity contribution in [1.29, 1.82) is 0 Å². The van der Waals surface area contributed by atoms with Crippen molar-refractivity contribution in [2.75, 3.05) is 0 Å². The number of benzene rings is 1. The van der Waals surface area contributed by atoms with Crippen LogP contribution in [0.5, 0.6) is 0 Å². The van der Waals surface area contributed by atoms with Crippen molar-refractivity contribution in [3.63, 3.8) is 0 Å². The molecule has 12 heavy (non-hydrogen) atoms. The summed E-state index contributed by atoms with van der Waals surface area (Å²) < 4.78 is 26.1. The molecule has 0 fully saturated rings. The van der Waals surface area contributed by atoms with Crippen LogP contribution in [-0.4, -0.2) is 0 Å². The average Bonchev–Trinajstić information content (AvgIpc) is 2.08. The van der Waals surface area contributed by atoms with Gasteiger partial charge < -0.3 is 0 Å². The van der Waals surface area contributed by atoms with E-state index >= 15 is 0 Å². The molecule has 0 radical (unpaired) electrons. The van der Waals surface area contributed by atoms with Crippen LogP contribution >= 0.6 is 9.24 Å². The van der Waals surface area contributed by atoms with Gasteiger partial charge in [-0.15, -0.1) is 9.24 Å². The molecule has 0 nitrogen and oxygen atoms in total. The van der Waals surface area contributed by atoms with E-state index in [0.29, 0.717) is 11.1 Å². The SMILES string of the molecule is Cc1c(C)c(P)c(C)c(F)c1F. The molecule has 66 valence electrons. The molecule has 0 heterocycles. The van der Waals surface area contributed by atoms with Gasteiger partial charge >= 0.3 is 0 Å². The van der Waals surface area contributed by atoms with Crippen LogP contribution in [0, 0.1) is 32.4 Å². The summed E-state index contributed by atoms with van der Waals surface area (Å²) in [5.41, 5.74) is 1.57. The molecule has 0 aliphatic rings. The monoisotopic (exact) mass is 188 g/mol. The van der Waals surface area contributed by atoms with Crippen LogP contribution < -0.4 is 5.30 Å². The first kappa shape index (κ1) is 9.60. The zero-order valence-electron chi connectivity index (χ0n) is 7.33. The minimum Gasteiger partial charge on any atom is -0.203 e. The molecule has 0 aliphatic heterocycles. The highest BCUT2D eigenvalue weighted by Crippen LogP contribution is 2.18. The summed E-state index contributed by atoms with van der Waals surface area (Å²) in [6.07, 6.45) is 0. The van der Waals surface area contributed by atoms with E-state index in [0.717, 1.165) is 10.9 Å². The molecule has 0 spiro atoms. The first-order valence-electron chi connectivity index (χ1n) is 3.67. The van der Waals surface area contributed by atoms with Crippen LogP contribution in [0.3, 0.4) is 0 Å². The van der Waals surface area contributed by atoms with Gasteiger partial charge in [-0.25, -0.2) is 8.78 Å². The molecule has 1 atom stereocenters. The fraction of sp³-hybridized carbons (Fsp3) is 0.333. The van der Waals surface area contributed by atoms with Crippen LogP contribution in [0.15, 0.2) is 0 Å².